The van der Waals surface area contributed by atoms with Crippen molar-refractivity contribution in [1.29, 1.82) is 5.26 Å². The molecule has 0 spiro atoms. The topological polar surface area (TPSA) is 27.0 Å². The first-order valence-corrected chi connectivity index (χ1v) is 6.10. The van der Waals surface area contributed by atoms with Gasteiger partial charge in [-0.25, -0.2) is 4.39 Å². The average Bonchev–Trinajstić information content (AvgIpc) is 2.32. The molecule has 0 bridgehead atoms. The van der Waals surface area contributed by atoms with Gasteiger partial charge in [0.1, 0.15) is 5.82 Å². The number of hydrogen-bond donors (Lipinski definition) is 0. The lowest BCUT2D eigenvalue weighted by Gasteiger charge is -2.30. The molecule has 1 saturated heterocycles. The summed E-state index contributed by atoms with van der Waals surface area (Å²) in [7, 11) is 0. The van der Waals surface area contributed by atoms with Gasteiger partial charge < -0.3 is 0 Å². The summed E-state index contributed by atoms with van der Waals surface area (Å²) >= 11 is 0. The summed E-state index contributed by atoms with van der Waals surface area (Å²) in [6.45, 7) is 5.04. The molecule has 0 radical (unpaired) electrons. The summed E-state index contributed by atoms with van der Waals surface area (Å²) in [5.41, 5.74) is 1.40. The Morgan fingerprint density at radius 3 is 2.76 bits per heavy atom. The van der Waals surface area contributed by atoms with Crippen LogP contribution in [0.15, 0.2) is 18.2 Å². The van der Waals surface area contributed by atoms with E-state index in [1.807, 2.05) is 0 Å². The van der Waals surface area contributed by atoms with Crippen LogP contribution in [0.1, 0.15) is 30.9 Å². The van der Waals surface area contributed by atoms with E-state index in [1.165, 1.54) is 25.0 Å². The molecule has 1 heterocycles. The quantitative estimate of drug-likeness (QED) is 0.784. The Labute approximate surface area is 102 Å². The number of piperidine rings is 1. The van der Waals surface area contributed by atoms with Crippen molar-refractivity contribution < 1.29 is 4.39 Å². The normalized spacial score (nSPS) is 17.9. The Kier molecular flexibility index (Phi) is 3.75. The molecule has 1 aromatic rings. The molecule has 0 atom stereocenters. The van der Waals surface area contributed by atoms with Gasteiger partial charge in [-0.2, -0.15) is 5.26 Å². The van der Waals surface area contributed by atoms with E-state index in [-0.39, 0.29) is 5.82 Å². The number of rotatable bonds is 2. The maximum absolute atomic E-state index is 13.2. The smallest absolute Gasteiger partial charge is 0.123 e. The predicted octanol–water partition coefficient (Wildman–Crippen LogP) is 2.93. The molecule has 3 heteroatoms. The van der Waals surface area contributed by atoms with Crippen LogP contribution in [-0.2, 0) is 6.54 Å². The summed E-state index contributed by atoms with van der Waals surface area (Å²) in [6, 6.07) is 6.52. The molecule has 0 aliphatic carbocycles. The number of nitrogens with zero attached hydrogens (tertiary/aromatic N) is 2. The highest BCUT2D eigenvalue weighted by Gasteiger charge is 2.17. The van der Waals surface area contributed by atoms with E-state index >= 15 is 0 Å². The maximum atomic E-state index is 13.2. The van der Waals surface area contributed by atoms with E-state index in [9.17, 15) is 4.39 Å². The zero-order valence-electron chi connectivity index (χ0n) is 10.1. The third-order valence-corrected chi connectivity index (χ3v) is 3.46. The molecular weight excluding hydrogens is 215 g/mol. The summed E-state index contributed by atoms with van der Waals surface area (Å²) < 4.78 is 13.2. The van der Waals surface area contributed by atoms with Gasteiger partial charge >= 0.3 is 0 Å². The molecule has 2 rings (SSSR count). The monoisotopic (exact) mass is 232 g/mol. The van der Waals surface area contributed by atoms with Crippen molar-refractivity contribution in [3.63, 3.8) is 0 Å². The van der Waals surface area contributed by atoms with E-state index in [0.717, 1.165) is 24.6 Å². The Morgan fingerprint density at radius 1 is 1.41 bits per heavy atom. The molecule has 1 fully saturated rings. The number of nitriles is 1. The first kappa shape index (κ1) is 12.1. The molecule has 90 valence electrons. The highest BCUT2D eigenvalue weighted by Crippen LogP contribution is 2.20. The first-order chi connectivity index (χ1) is 8.19. The van der Waals surface area contributed by atoms with Crippen molar-refractivity contribution in [3.8, 4) is 6.07 Å². The van der Waals surface area contributed by atoms with E-state index < -0.39 is 0 Å². The molecule has 17 heavy (non-hydrogen) atoms. The van der Waals surface area contributed by atoms with Crippen LogP contribution >= 0.6 is 0 Å². The number of benzene rings is 1. The zero-order valence-corrected chi connectivity index (χ0v) is 10.1. The van der Waals surface area contributed by atoms with Gasteiger partial charge in [-0.15, -0.1) is 0 Å². The fourth-order valence-corrected chi connectivity index (χ4v) is 2.26. The van der Waals surface area contributed by atoms with Gasteiger partial charge in [-0.05, 0) is 55.6 Å². The van der Waals surface area contributed by atoms with E-state index in [4.69, 9.17) is 5.26 Å². The second-order valence-electron chi connectivity index (χ2n) is 4.87. The summed E-state index contributed by atoms with van der Waals surface area (Å²) in [5, 5.41) is 8.99. The van der Waals surface area contributed by atoms with Gasteiger partial charge in [0.15, 0.2) is 0 Å². The molecule has 0 unspecified atom stereocenters. The minimum atomic E-state index is -0.260. The maximum Gasteiger partial charge on any atom is 0.123 e. The Bertz CT molecular complexity index is 428. The van der Waals surface area contributed by atoms with Crippen molar-refractivity contribution in [2.24, 2.45) is 5.92 Å². The van der Waals surface area contributed by atoms with Crippen LogP contribution in [0.25, 0.3) is 0 Å². The van der Waals surface area contributed by atoms with Crippen LogP contribution in [0.5, 0.6) is 0 Å². The van der Waals surface area contributed by atoms with Gasteiger partial charge in [-0.1, -0.05) is 6.92 Å². The van der Waals surface area contributed by atoms with Gasteiger partial charge in [0.05, 0.1) is 11.6 Å². The van der Waals surface area contributed by atoms with Gasteiger partial charge in [0.2, 0.25) is 0 Å². The lowest BCUT2D eigenvalue weighted by Crippen LogP contribution is -2.32. The second kappa shape index (κ2) is 5.29. The lowest BCUT2D eigenvalue weighted by molar-refractivity contribution is 0.185. The molecule has 1 aromatic carbocycles. The summed E-state index contributed by atoms with van der Waals surface area (Å²) in [4.78, 5) is 2.30. The van der Waals surface area contributed by atoms with Crippen LogP contribution in [0.3, 0.4) is 0 Å². The van der Waals surface area contributed by atoms with E-state index in [1.54, 1.807) is 6.07 Å². The fourth-order valence-electron chi connectivity index (χ4n) is 2.26. The molecule has 1 aliphatic rings. The molecule has 0 amide bonds. The molecule has 0 N–H and O–H groups in total. The molecule has 0 saturated carbocycles. The van der Waals surface area contributed by atoms with Crippen molar-refractivity contribution in [2.45, 2.75) is 26.3 Å². The standard InChI is InChI=1S/C14H17FN2/c1-11-4-6-17(7-5-11)10-13-8-14(15)3-2-12(13)9-16/h2-3,8,11H,4-7,10H2,1H3. The van der Waals surface area contributed by atoms with Crippen molar-refractivity contribution in [2.75, 3.05) is 13.1 Å². The van der Waals surface area contributed by atoms with Crippen LogP contribution in [0.4, 0.5) is 4.39 Å². The van der Waals surface area contributed by atoms with Gasteiger partial charge in [0, 0.05) is 6.54 Å². The zero-order chi connectivity index (χ0) is 12.3. The number of likely N-dealkylation sites (tertiary alicyclic amines) is 1. The van der Waals surface area contributed by atoms with Crippen LogP contribution in [0.2, 0.25) is 0 Å². The van der Waals surface area contributed by atoms with Crippen LogP contribution in [-0.4, -0.2) is 18.0 Å². The van der Waals surface area contributed by atoms with Crippen LogP contribution in [0, 0.1) is 23.1 Å². The third kappa shape index (κ3) is 3.04. The van der Waals surface area contributed by atoms with E-state index in [2.05, 4.69) is 17.9 Å². The molecule has 0 aromatic heterocycles. The Morgan fingerprint density at radius 2 is 2.12 bits per heavy atom. The highest BCUT2D eigenvalue weighted by atomic mass is 19.1. The fraction of sp³-hybridized carbons (Fsp3) is 0.500. The number of halogens is 1. The molecule has 2 nitrogen and oxygen atoms in total. The second-order valence-corrected chi connectivity index (χ2v) is 4.87. The van der Waals surface area contributed by atoms with E-state index in [0.29, 0.717) is 12.1 Å². The minimum absolute atomic E-state index is 0.260. The lowest BCUT2D eigenvalue weighted by atomic mass is 9.98. The molecular formula is C14H17FN2. The highest BCUT2D eigenvalue weighted by molar-refractivity contribution is 5.37. The predicted molar refractivity (Wildman–Crippen MR) is 64.8 cm³/mol. The Hall–Kier alpha value is -1.40. The van der Waals surface area contributed by atoms with Crippen molar-refractivity contribution in [1.82, 2.24) is 4.90 Å². The first-order valence-electron chi connectivity index (χ1n) is 6.10. The average molecular weight is 232 g/mol. The van der Waals surface area contributed by atoms with Crippen LogP contribution < -0.4 is 0 Å². The largest absolute Gasteiger partial charge is 0.299 e. The van der Waals surface area contributed by atoms with Crippen molar-refractivity contribution in [3.05, 3.63) is 35.1 Å². The third-order valence-electron chi connectivity index (χ3n) is 3.46. The summed E-state index contributed by atoms with van der Waals surface area (Å²) in [5.74, 6) is 0.526. The molecule has 1 aliphatic heterocycles. The SMILES string of the molecule is CC1CCN(Cc2cc(F)ccc2C#N)CC1. The van der Waals surface area contributed by atoms with Crippen molar-refractivity contribution >= 4 is 0 Å². The Balaban J connectivity index is 2.08. The van der Waals surface area contributed by atoms with Gasteiger partial charge in [0.25, 0.3) is 0 Å². The number of hydrogen-bond acceptors (Lipinski definition) is 2. The summed E-state index contributed by atoms with van der Waals surface area (Å²) in [6.07, 6.45) is 2.38. The van der Waals surface area contributed by atoms with Gasteiger partial charge in [-0.3, -0.25) is 4.90 Å². The minimum Gasteiger partial charge on any atom is -0.299 e.